The number of nitrogens with one attached hydrogen (secondary N) is 2. The Labute approximate surface area is 134 Å². The summed E-state index contributed by atoms with van der Waals surface area (Å²) in [6.07, 6.45) is 1.79. The molecule has 2 amide bonds. The zero-order chi connectivity index (χ0) is 15.4. The van der Waals surface area contributed by atoms with E-state index in [-0.39, 0.29) is 43.4 Å². The van der Waals surface area contributed by atoms with Gasteiger partial charge in [-0.15, -0.1) is 12.4 Å². The van der Waals surface area contributed by atoms with Crippen LogP contribution in [0.1, 0.15) is 19.9 Å². The van der Waals surface area contributed by atoms with Crippen molar-refractivity contribution in [1.29, 1.82) is 0 Å². The smallest absolute Gasteiger partial charge is 0.243 e. The Morgan fingerprint density at radius 2 is 2.05 bits per heavy atom. The number of hydrogen-bond donors (Lipinski definition) is 3. The first-order valence-corrected chi connectivity index (χ1v) is 6.75. The van der Waals surface area contributed by atoms with Gasteiger partial charge >= 0.3 is 0 Å². The average molecular weight is 326 g/mol. The minimum Gasteiger partial charge on any atom is -0.346 e. The molecule has 0 unspecified atom stereocenters. The molecule has 0 aliphatic heterocycles. The number of anilines is 1. The van der Waals surface area contributed by atoms with E-state index < -0.39 is 0 Å². The van der Waals surface area contributed by atoms with E-state index in [4.69, 9.17) is 5.73 Å². The number of rotatable bonds is 5. The van der Waals surface area contributed by atoms with Crippen molar-refractivity contribution in [1.82, 2.24) is 15.1 Å². The maximum absolute atomic E-state index is 11.7. The van der Waals surface area contributed by atoms with Crippen LogP contribution in [0.15, 0.2) is 24.4 Å². The Morgan fingerprint density at radius 1 is 1.32 bits per heavy atom. The molecule has 8 heteroatoms. The van der Waals surface area contributed by atoms with Crippen LogP contribution >= 0.6 is 12.4 Å². The number of halogens is 1. The summed E-state index contributed by atoms with van der Waals surface area (Å²) in [7, 11) is 0. The second-order valence-corrected chi connectivity index (χ2v) is 4.99. The van der Waals surface area contributed by atoms with Crippen LogP contribution < -0.4 is 16.4 Å². The molecule has 0 aliphatic rings. The van der Waals surface area contributed by atoms with Crippen molar-refractivity contribution in [3.05, 3.63) is 24.4 Å². The molecule has 0 bridgehead atoms. The zero-order valence-corrected chi connectivity index (χ0v) is 13.3. The van der Waals surface area contributed by atoms with Crippen molar-refractivity contribution in [2.75, 3.05) is 18.4 Å². The number of benzene rings is 1. The van der Waals surface area contributed by atoms with Gasteiger partial charge in [0.05, 0.1) is 24.8 Å². The van der Waals surface area contributed by atoms with E-state index in [9.17, 15) is 9.59 Å². The highest BCUT2D eigenvalue weighted by atomic mass is 35.5. The van der Waals surface area contributed by atoms with Crippen LogP contribution in [-0.2, 0) is 9.59 Å². The van der Waals surface area contributed by atoms with E-state index in [1.165, 1.54) is 0 Å². The molecule has 1 heterocycles. The SMILES string of the molecule is CC(C)n1ncc2ccc(NC(=O)CNC(=O)CN)cc21.Cl. The summed E-state index contributed by atoms with van der Waals surface area (Å²) in [6.45, 7) is 3.85. The molecule has 1 aromatic heterocycles. The molecule has 4 N–H and O–H groups in total. The summed E-state index contributed by atoms with van der Waals surface area (Å²) in [5, 5.41) is 10.5. The van der Waals surface area contributed by atoms with E-state index in [1.54, 1.807) is 12.3 Å². The molecule has 2 aromatic rings. The summed E-state index contributed by atoms with van der Waals surface area (Å²) in [4.78, 5) is 22.7. The van der Waals surface area contributed by atoms with E-state index in [0.29, 0.717) is 5.69 Å². The van der Waals surface area contributed by atoms with E-state index >= 15 is 0 Å². The first-order chi connectivity index (χ1) is 10.0. The second kappa shape index (κ2) is 7.77. The number of hydrogen-bond acceptors (Lipinski definition) is 4. The van der Waals surface area contributed by atoms with Crippen molar-refractivity contribution >= 4 is 40.8 Å². The Hall–Kier alpha value is -2.12. The van der Waals surface area contributed by atoms with Crippen LogP contribution in [-0.4, -0.2) is 34.7 Å². The highest BCUT2D eigenvalue weighted by Gasteiger charge is 2.09. The molecule has 0 saturated carbocycles. The van der Waals surface area contributed by atoms with Crippen molar-refractivity contribution in [2.45, 2.75) is 19.9 Å². The first-order valence-electron chi connectivity index (χ1n) is 6.75. The molecule has 0 saturated heterocycles. The number of carbonyl (C=O) groups is 2. The molecule has 2 rings (SSSR count). The molecule has 22 heavy (non-hydrogen) atoms. The first kappa shape index (κ1) is 17.9. The van der Waals surface area contributed by atoms with Crippen LogP contribution in [0.4, 0.5) is 5.69 Å². The lowest BCUT2D eigenvalue weighted by molar-refractivity contribution is -0.123. The summed E-state index contributed by atoms with van der Waals surface area (Å²) in [5.74, 6) is -0.662. The number of nitrogens with zero attached hydrogens (tertiary/aromatic N) is 2. The van der Waals surface area contributed by atoms with Gasteiger partial charge in [-0.05, 0) is 32.0 Å². The summed E-state index contributed by atoms with van der Waals surface area (Å²) >= 11 is 0. The van der Waals surface area contributed by atoms with Gasteiger partial charge in [0.2, 0.25) is 11.8 Å². The Kier molecular flexibility index (Phi) is 6.33. The maximum Gasteiger partial charge on any atom is 0.243 e. The third-order valence-electron chi connectivity index (χ3n) is 3.00. The average Bonchev–Trinajstić information content (AvgIpc) is 2.88. The van der Waals surface area contributed by atoms with Crippen LogP contribution in [0.2, 0.25) is 0 Å². The van der Waals surface area contributed by atoms with E-state index in [1.807, 2.05) is 30.7 Å². The zero-order valence-electron chi connectivity index (χ0n) is 12.5. The van der Waals surface area contributed by atoms with Crippen LogP contribution in [0.25, 0.3) is 10.9 Å². The molecular weight excluding hydrogens is 306 g/mol. The summed E-state index contributed by atoms with van der Waals surface area (Å²) in [5.41, 5.74) is 6.77. The summed E-state index contributed by atoms with van der Waals surface area (Å²) < 4.78 is 1.89. The fourth-order valence-corrected chi connectivity index (χ4v) is 1.98. The summed E-state index contributed by atoms with van der Waals surface area (Å²) in [6, 6.07) is 5.80. The predicted molar refractivity (Wildman–Crippen MR) is 88.1 cm³/mol. The van der Waals surface area contributed by atoms with E-state index in [2.05, 4.69) is 15.7 Å². The van der Waals surface area contributed by atoms with Crippen molar-refractivity contribution in [3.8, 4) is 0 Å². The minimum absolute atomic E-state index is 0. The number of aromatic nitrogens is 2. The van der Waals surface area contributed by atoms with Gasteiger partial charge in [-0.1, -0.05) is 0 Å². The van der Waals surface area contributed by atoms with Gasteiger partial charge < -0.3 is 16.4 Å². The third kappa shape index (κ3) is 4.19. The van der Waals surface area contributed by atoms with Gasteiger partial charge in [0.25, 0.3) is 0 Å². The number of nitrogens with two attached hydrogens (primary N) is 1. The lowest BCUT2D eigenvalue weighted by Gasteiger charge is -2.09. The molecule has 120 valence electrons. The number of fused-ring (bicyclic) bond motifs is 1. The van der Waals surface area contributed by atoms with Crippen LogP contribution in [0.3, 0.4) is 0 Å². The Balaban J connectivity index is 0.00000242. The molecule has 0 fully saturated rings. The van der Waals surface area contributed by atoms with Gasteiger partial charge in [0.15, 0.2) is 0 Å². The number of amides is 2. The molecule has 1 aromatic carbocycles. The Bertz CT molecular complexity index is 668. The van der Waals surface area contributed by atoms with Gasteiger partial charge in [-0.25, -0.2) is 0 Å². The minimum atomic E-state index is -0.363. The molecule has 0 radical (unpaired) electrons. The quantitative estimate of drug-likeness (QED) is 0.764. The fourth-order valence-electron chi connectivity index (χ4n) is 1.98. The predicted octanol–water partition coefficient (Wildman–Crippen LogP) is 1.05. The monoisotopic (exact) mass is 325 g/mol. The van der Waals surface area contributed by atoms with Crippen molar-refractivity contribution in [3.63, 3.8) is 0 Å². The van der Waals surface area contributed by atoms with Crippen LogP contribution in [0, 0.1) is 0 Å². The van der Waals surface area contributed by atoms with Gasteiger partial charge in [0.1, 0.15) is 0 Å². The highest BCUT2D eigenvalue weighted by Crippen LogP contribution is 2.21. The Morgan fingerprint density at radius 3 is 2.68 bits per heavy atom. The standard InChI is InChI=1S/C14H19N5O2.ClH/c1-9(2)19-12-5-11(4-3-10(12)7-17-19)18-14(21)8-16-13(20)6-15;/h3-5,7,9H,6,8,15H2,1-2H3,(H,16,20)(H,18,21);1H. The van der Waals surface area contributed by atoms with Crippen molar-refractivity contribution in [2.24, 2.45) is 5.73 Å². The molecule has 0 aliphatic carbocycles. The lowest BCUT2D eigenvalue weighted by atomic mass is 10.2. The largest absolute Gasteiger partial charge is 0.346 e. The van der Waals surface area contributed by atoms with Gasteiger partial charge in [-0.3, -0.25) is 14.3 Å². The van der Waals surface area contributed by atoms with Gasteiger partial charge in [-0.2, -0.15) is 5.10 Å². The van der Waals surface area contributed by atoms with Crippen molar-refractivity contribution < 1.29 is 9.59 Å². The molecule has 0 spiro atoms. The van der Waals surface area contributed by atoms with E-state index in [0.717, 1.165) is 10.9 Å². The molecular formula is C14H20ClN5O2. The molecule has 7 nitrogen and oxygen atoms in total. The third-order valence-corrected chi connectivity index (χ3v) is 3.00. The van der Waals surface area contributed by atoms with Gasteiger partial charge in [0, 0.05) is 17.1 Å². The normalized spacial score (nSPS) is 10.4. The van der Waals surface area contributed by atoms with Crippen LogP contribution in [0.5, 0.6) is 0 Å². The maximum atomic E-state index is 11.7. The molecule has 0 atom stereocenters. The highest BCUT2D eigenvalue weighted by molar-refractivity contribution is 5.96. The second-order valence-electron chi connectivity index (χ2n) is 4.99. The topological polar surface area (TPSA) is 102 Å². The lowest BCUT2D eigenvalue weighted by Crippen LogP contribution is -2.36. The fraction of sp³-hybridized carbons (Fsp3) is 0.357. The number of carbonyl (C=O) groups excluding carboxylic acids is 2.